The lowest BCUT2D eigenvalue weighted by molar-refractivity contribution is -0.160. The third-order valence-corrected chi connectivity index (χ3v) is 3.51. The molecule has 0 radical (unpaired) electrons. The summed E-state index contributed by atoms with van der Waals surface area (Å²) >= 11 is 0. The number of hydrogen-bond acceptors (Lipinski definition) is 5. The van der Waals surface area contributed by atoms with Gasteiger partial charge in [-0.1, -0.05) is 43.2 Å². The molecule has 1 aromatic carbocycles. The zero-order valence-electron chi connectivity index (χ0n) is 15.3. The maximum Gasteiger partial charge on any atom is 0.316 e. The Hall–Kier alpha value is -2.17. The van der Waals surface area contributed by atoms with Crippen molar-refractivity contribution < 1.29 is 23.9 Å². The van der Waals surface area contributed by atoms with E-state index in [2.05, 4.69) is 0 Å². The van der Waals surface area contributed by atoms with E-state index in [9.17, 15) is 14.4 Å². The van der Waals surface area contributed by atoms with E-state index >= 15 is 0 Å². The normalized spacial score (nSPS) is 12.3. The number of aldehydes is 1. The number of hydrogen-bond donors (Lipinski definition) is 0. The van der Waals surface area contributed by atoms with E-state index in [-0.39, 0.29) is 12.6 Å². The van der Waals surface area contributed by atoms with Crippen LogP contribution in [0.1, 0.15) is 58.4 Å². The van der Waals surface area contributed by atoms with Crippen LogP contribution in [0.25, 0.3) is 0 Å². The van der Waals surface area contributed by atoms with Crippen molar-refractivity contribution in [3.63, 3.8) is 0 Å². The van der Waals surface area contributed by atoms with Gasteiger partial charge in [-0.2, -0.15) is 0 Å². The van der Waals surface area contributed by atoms with Gasteiger partial charge in [0.15, 0.2) is 0 Å². The summed E-state index contributed by atoms with van der Waals surface area (Å²) in [5, 5.41) is 0. The van der Waals surface area contributed by atoms with Gasteiger partial charge in [-0.25, -0.2) is 0 Å². The average Bonchev–Trinajstić information content (AvgIpc) is 2.55. The van der Waals surface area contributed by atoms with Gasteiger partial charge in [0.1, 0.15) is 24.4 Å². The topological polar surface area (TPSA) is 69.7 Å². The molecule has 0 amide bonds. The molecule has 1 atom stereocenters. The highest BCUT2D eigenvalue weighted by Crippen LogP contribution is 2.16. The van der Waals surface area contributed by atoms with Crippen molar-refractivity contribution in [1.29, 1.82) is 0 Å². The number of carbonyl (C=O) groups is 3. The van der Waals surface area contributed by atoms with Gasteiger partial charge in [0.25, 0.3) is 0 Å². The molecule has 0 aliphatic carbocycles. The first-order chi connectivity index (χ1) is 11.8. The molecule has 138 valence electrons. The first kappa shape index (κ1) is 20.9. The van der Waals surface area contributed by atoms with Crippen molar-refractivity contribution in [2.45, 2.75) is 65.1 Å². The van der Waals surface area contributed by atoms with Crippen LogP contribution in [0.2, 0.25) is 0 Å². The van der Waals surface area contributed by atoms with Crippen LogP contribution in [0.15, 0.2) is 30.3 Å². The van der Waals surface area contributed by atoms with E-state index in [1.54, 1.807) is 20.8 Å². The molecule has 0 N–H and O–H groups in total. The molecule has 5 nitrogen and oxygen atoms in total. The molecule has 0 saturated carbocycles. The molecule has 0 fully saturated rings. The van der Waals surface area contributed by atoms with Crippen LogP contribution in [0, 0.1) is 5.92 Å². The fourth-order valence-corrected chi connectivity index (χ4v) is 2.24. The van der Waals surface area contributed by atoms with Gasteiger partial charge in [0.2, 0.25) is 0 Å². The zero-order chi connectivity index (χ0) is 18.7. The number of carbonyl (C=O) groups excluding carboxylic acids is 3. The lowest BCUT2D eigenvalue weighted by atomic mass is 10.0. The molecule has 0 spiro atoms. The fraction of sp³-hybridized carbons (Fsp3) is 0.550. The van der Waals surface area contributed by atoms with Crippen LogP contribution < -0.4 is 0 Å². The minimum Gasteiger partial charge on any atom is -0.461 e. The minimum atomic E-state index is -0.732. The summed E-state index contributed by atoms with van der Waals surface area (Å²) in [4.78, 5) is 34.6. The molecule has 25 heavy (non-hydrogen) atoms. The standard InChI is InChI=1S/C20H28O5/c1-20(2,3)25-19(23)17(14-21)12-8-5-9-13-18(22)24-15-16-10-6-4-7-11-16/h4,6-7,10-11,14,17H,5,8-9,12-13,15H2,1-3H3. The molecule has 1 aromatic rings. The monoisotopic (exact) mass is 348 g/mol. The number of ether oxygens (including phenoxy) is 2. The Kier molecular flexibility index (Phi) is 8.89. The van der Waals surface area contributed by atoms with Crippen LogP contribution in [-0.4, -0.2) is 23.8 Å². The predicted octanol–water partition coefficient (Wildman–Crippen LogP) is 3.84. The van der Waals surface area contributed by atoms with Crippen LogP contribution in [0.5, 0.6) is 0 Å². The van der Waals surface area contributed by atoms with Crippen LogP contribution in [0.4, 0.5) is 0 Å². The molecule has 0 heterocycles. The van der Waals surface area contributed by atoms with E-state index in [0.717, 1.165) is 12.0 Å². The van der Waals surface area contributed by atoms with Crippen molar-refractivity contribution >= 4 is 18.2 Å². The molecule has 5 heteroatoms. The smallest absolute Gasteiger partial charge is 0.316 e. The maximum atomic E-state index is 11.9. The Morgan fingerprint density at radius 1 is 1.08 bits per heavy atom. The molecule has 0 aromatic heterocycles. The Balaban J connectivity index is 2.16. The van der Waals surface area contributed by atoms with Gasteiger partial charge in [-0.05, 0) is 39.2 Å². The van der Waals surface area contributed by atoms with Crippen molar-refractivity contribution in [3.05, 3.63) is 35.9 Å². The van der Waals surface area contributed by atoms with Crippen molar-refractivity contribution in [1.82, 2.24) is 0 Å². The van der Waals surface area contributed by atoms with E-state index in [0.29, 0.717) is 32.0 Å². The highest BCUT2D eigenvalue weighted by molar-refractivity contribution is 5.87. The van der Waals surface area contributed by atoms with Gasteiger partial charge in [-0.15, -0.1) is 0 Å². The van der Waals surface area contributed by atoms with Gasteiger partial charge in [-0.3, -0.25) is 9.59 Å². The lowest BCUT2D eigenvalue weighted by Gasteiger charge is -2.21. The number of rotatable bonds is 10. The Bertz CT molecular complexity index is 545. The third kappa shape index (κ3) is 9.65. The van der Waals surface area contributed by atoms with Gasteiger partial charge < -0.3 is 14.3 Å². The third-order valence-electron chi connectivity index (χ3n) is 3.51. The van der Waals surface area contributed by atoms with Gasteiger partial charge >= 0.3 is 11.9 Å². The molecule has 1 unspecified atom stereocenters. The largest absolute Gasteiger partial charge is 0.461 e. The molecular formula is C20H28O5. The van der Waals surface area contributed by atoms with E-state index in [1.165, 1.54) is 0 Å². The fourth-order valence-electron chi connectivity index (χ4n) is 2.24. The SMILES string of the molecule is CC(C)(C)OC(=O)C(C=O)CCCCCC(=O)OCc1ccccc1. The molecule has 0 aliphatic heterocycles. The van der Waals surface area contributed by atoms with E-state index in [4.69, 9.17) is 9.47 Å². The lowest BCUT2D eigenvalue weighted by Crippen LogP contribution is -2.29. The van der Waals surface area contributed by atoms with Crippen molar-refractivity contribution in [2.75, 3.05) is 0 Å². The van der Waals surface area contributed by atoms with E-state index in [1.807, 2.05) is 30.3 Å². The average molecular weight is 348 g/mol. The summed E-state index contributed by atoms with van der Waals surface area (Å²) in [5.41, 5.74) is 0.364. The van der Waals surface area contributed by atoms with Crippen molar-refractivity contribution in [3.8, 4) is 0 Å². The number of unbranched alkanes of at least 4 members (excludes halogenated alkanes) is 2. The van der Waals surface area contributed by atoms with E-state index < -0.39 is 17.5 Å². The molecule has 0 aliphatic rings. The number of esters is 2. The van der Waals surface area contributed by atoms with Crippen LogP contribution in [0.3, 0.4) is 0 Å². The number of benzene rings is 1. The Morgan fingerprint density at radius 3 is 2.36 bits per heavy atom. The first-order valence-electron chi connectivity index (χ1n) is 8.69. The van der Waals surface area contributed by atoms with Gasteiger partial charge in [0.05, 0.1) is 0 Å². The van der Waals surface area contributed by atoms with Crippen LogP contribution in [-0.2, 0) is 30.5 Å². The van der Waals surface area contributed by atoms with Crippen molar-refractivity contribution in [2.24, 2.45) is 5.92 Å². The highest BCUT2D eigenvalue weighted by atomic mass is 16.6. The molecular weight excluding hydrogens is 320 g/mol. The summed E-state index contributed by atoms with van der Waals surface area (Å²) in [7, 11) is 0. The summed E-state index contributed by atoms with van der Waals surface area (Å²) in [6.07, 6.45) is 3.54. The first-order valence-corrected chi connectivity index (χ1v) is 8.69. The summed E-state index contributed by atoms with van der Waals surface area (Å²) in [6.45, 7) is 5.60. The van der Waals surface area contributed by atoms with Gasteiger partial charge in [0, 0.05) is 6.42 Å². The minimum absolute atomic E-state index is 0.233. The maximum absolute atomic E-state index is 11.9. The predicted molar refractivity (Wildman–Crippen MR) is 94.7 cm³/mol. The highest BCUT2D eigenvalue weighted by Gasteiger charge is 2.24. The molecule has 1 rings (SSSR count). The summed E-state index contributed by atoms with van der Waals surface area (Å²) < 4.78 is 10.4. The Labute approximate surface area is 149 Å². The molecule has 0 bridgehead atoms. The summed E-state index contributed by atoms with van der Waals surface area (Å²) in [5.74, 6) is -1.45. The Morgan fingerprint density at radius 2 is 1.76 bits per heavy atom. The quantitative estimate of drug-likeness (QED) is 0.278. The second-order valence-electron chi connectivity index (χ2n) is 7.02. The second-order valence-corrected chi connectivity index (χ2v) is 7.02. The molecule has 0 saturated heterocycles. The summed E-state index contributed by atoms with van der Waals surface area (Å²) in [6, 6.07) is 9.52. The zero-order valence-corrected chi connectivity index (χ0v) is 15.3. The second kappa shape index (κ2) is 10.6. The van der Waals surface area contributed by atoms with Crippen LogP contribution >= 0.6 is 0 Å².